The molecule has 174 valence electrons. The third-order valence-corrected chi connectivity index (χ3v) is 6.17. The van der Waals surface area contributed by atoms with Crippen LogP contribution in [0.3, 0.4) is 0 Å². The second kappa shape index (κ2) is 9.75. The molecule has 7 nitrogen and oxygen atoms in total. The van der Waals surface area contributed by atoms with E-state index in [1.54, 1.807) is 4.68 Å². The van der Waals surface area contributed by atoms with Crippen LogP contribution >= 0.6 is 11.6 Å². The molecule has 1 aromatic heterocycles. The number of carbonyl (C=O) groups excluding carboxylic acids is 1. The summed E-state index contributed by atoms with van der Waals surface area (Å²) < 4.78 is 7.71. The summed E-state index contributed by atoms with van der Waals surface area (Å²) in [5, 5.41) is 9.09. The number of anilines is 1. The number of amides is 2. The fourth-order valence-electron chi connectivity index (χ4n) is 4.18. The lowest BCUT2D eigenvalue weighted by Gasteiger charge is -2.34. The van der Waals surface area contributed by atoms with Gasteiger partial charge in [0.25, 0.3) is 0 Å². The normalized spacial score (nSPS) is 14.4. The van der Waals surface area contributed by atoms with Gasteiger partial charge in [0.2, 0.25) is 0 Å². The predicted octanol–water partition coefficient (Wildman–Crippen LogP) is 5.37. The van der Waals surface area contributed by atoms with E-state index in [2.05, 4.69) is 27.4 Å². The summed E-state index contributed by atoms with van der Waals surface area (Å²) >= 11 is 5.95. The monoisotopic (exact) mass is 475 g/mol. The van der Waals surface area contributed by atoms with Crippen LogP contribution in [-0.2, 0) is 13.6 Å². The summed E-state index contributed by atoms with van der Waals surface area (Å²) in [7, 11) is 1.88. The first kappa shape index (κ1) is 22.3. The van der Waals surface area contributed by atoms with E-state index in [0.717, 1.165) is 47.7 Å². The SMILES string of the molecule is Cn1cc2c(NC(=O)N3CCN(Cc4cccc(Oc5ccc(Cl)cc5)c4)CC3)cccc2n1. The lowest BCUT2D eigenvalue weighted by molar-refractivity contribution is 0.143. The van der Waals surface area contributed by atoms with Gasteiger partial charge >= 0.3 is 6.03 Å². The van der Waals surface area contributed by atoms with Crippen LogP contribution < -0.4 is 10.1 Å². The summed E-state index contributed by atoms with van der Waals surface area (Å²) in [6.45, 7) is 3.79. The van der Waals surface area contributed by atoms with E-state index in [0.29, 0.717) is 18.1 Å². The molecule has 0 radical (unpaired) electrons. The maximum atomic E-state index is 12.9. The van der Waals surface area contributed by atoms with Crippen molar-refractivity contribution < 1.29 is 9.53 Å². The van der Waals surface area contributed by atoms with Crippen molar-refractivity contribution in [3.05, 3.63) is 83.5 Å². The lowest BCUT2D eigenvalue weighted by atomic mass is 10.2. The quantitative estimate of drug-likeness (QED) is 0.421. The van der Waals surface area contributed by atoms with Gasteiger partial charge in [-0.05, 0) is 54.1 Å². The molecule has 1 fully saturated rings. The van der Waals surface area contributed by atoms with Gasteiger partial charge in [-0.25, -0.2) is 4.79 Å². The number of halogens is 1. The summed E-state index contributed by atoms with van der Waals surface area (Å²) in [6, 6.07) is 21.1. The van der Waals surface area contributed by atoms with E-state index in [1.807, 2.05) is 72.7 Å². The Bertz CT molecular complexity index is 1300. The zero-order valence-corrected chi connectivity index (χ0v) is 19.7. The van der Waals surface area contributed by atoms with Crippen molar-refractivity contribution in [1.82, 2.24) is 19.6 Å². The van der Waals surface area contributed by atoms with Crippen LogP contribution in [0.15, 0.2) is 72.9 Å². The van der Waals surface area contributed by atoms with Crippen LogP contribution in [0.5, 0.6) is 11.5 Å². The zero-order valence-electron chi connectivity index (χ0n) is 18.9. The number of ether oxygens (including phenoxy) is 1. The Morgan fingerprint density at radius 1 is 1.00 bits per heavy atom. The minimum atomic E-state index is -0.0747. The van der Waals surface area contributed by atoms with E-state index in [1.165, 1.54) is 5.56 Å². The molecule has 1 saturated heterocycles. The number of piperazine rings is 1. The number of hydrogen-bond donors (Lipinski definition) is 1. The Labute approximate surface area is 203 Å². The van der Waals surface area contributed by atoms with Crippen LogP contribution in [0.1, 0.15) is 5.56 Å². The molecular weight excluding hydrogens is 450 g/mol. The van der Waals surface area contributed by atoms with Crippen LogP contribution in [0.2, 0.25) is 5.02 Å². The van der Waals surface area contributed by atoms with Gasteiger partial charge in [0.05, 0.1) is 11.2 Å². The first-order valence-corrected chi connectivity index (χ1v) is 11.6. The molecule has 2 amide bonds. The molecule has 4 aromatic rings. The number of hydrogen-bond acceptors (Lipinski definition) is 4. The highest BCUT2D eigenvalue weighted by Crippen LogP contribution is 2.25. The molecule has 0 atom stereocenters. The Morgan fingerprint density at radius 3 is 2.56 bits per heavy atom. The molecule has 34 heavy (non-hydrogen) atoms. The summed E-state index contributed by atoms with van der Waals surface area (Å²) in [5.74, 6) is 1.55. The van der Waals surface area contributed by atoms with Crippen molar-refractivity contribution in [1.29, 1.82) is 0 Å². The van der Waals surface area contributed by atoms with E-state index < -0.39 is 0 Å². The van der Waals surface area contributed by atoms with Gasteiger partial charge < -0.3 is 15.0 Å². The van der Waals surface area contributed by atoms with Crippen molar-refractivity contribution >= 4 is 34.2 Å². The molecule has 5 rings (SSSR count). The Kier molecular flexibility index (Phi) is 6.38. The molecule has 1 aliphatic heterocycles. The summed E-state index contributed by atoms with van der Waals surface area (Å²) in [5.41, 5.74) is 2.83. The van der Waals surface area contributed by atoms with Crippen LogP contribution in [0, 0.1) is 0 Å². The molecule has 0 aliphatic carbocycles. The summed E-state index contributed by atoms with van der Waals surface area (Å²) in [6.07, 6.45) is 1.92. The summed E-state index contributed by atoms with van der Waals surface area (Å²) in [4.78, 5) is 17.1. The Morgan fingerprint density at radius 2 is 1.76 bits per heavy atom. The van der Waals surface area contributed by atoms with Gasteiger partial charge in [-0.15, -0.1) is 0 Å². The second-order valence-corrected chi connectivity index (χ2v) is 8.87. The molecule has 0 spiro atoms. The molecule has 1 N–H and O–H groups in total. The highest BCUT2D eigenvalue weighted by Gasteiger charge is 2.22. The third-order valence-electron chi connectivity index (χ3n) is 5.92. The third kappa shape index (κ3) is 5.16. The molecule has 0 unspecified atom stereocenters. The number of rotatable bonds is 5. The highest BCUT2D eigenvalue weighted by atomic mass is 35.5. The average Bonchev–Trinajstić information content (AvgIpc) is 3.22. The molecular formula is C26H26ClN5O2. The minimum Gasteiger partial charge on any atom is -0.457 e. The van der Waals surface area contributed by atoms with E-state index in [-0.39, 0.29) is 6.03 Å². The second-order valence-electron chi connectivity index (χ2n) is 8.44. The van der Waals surface area contributed by atoms with Gasteiger partial charge in [-0.2, -0.15) is 5.10 Å². The fraction of sp³-hybridized carbons (Fsp3) is 0.231. The fourth-order valence-corrected chi connectivity index (χ4v) is 4.30. The number of carbonyl (C=O) groups is 1. The maximum absolute atomic E-state index is 12.9. The largest absolute Gasteiger partial charge is 0.457 e. The molecule has 0 bridgehead atoms. The number of aryl methyl sites for hydroxylation is 1. The molecule has 8 heteroatoms. The number of nitrogens with zero attached hydrogens (tertiary/aromatic N) is 4. The van der Waals surface area contributed by atoms with Gasteiger partial charge in [-0.3, -0.25) is 9.58 Å². The molecule has 2 heterocycles. The van der Waals surface area contributed by atoms with Crippen molar-refractivity contribution in [2.45, 2.75) is 6.54 Å². The first-order valence-electron chi connectivity index (χ1n) is 11.3. The number of urea groups is 1. The van der Waals surface area contributed by atoms with E-state index in [4.69, 9.17) is 16.3 Å². The highest BCUT2D eigenvalue weighted by molar-refractivity contribution is 6.30. The predicted molar refractivity (Wildman–Crippen MR) is 135 cm³/mol. The topological polar surface area (TPSA) is 62.6 Å². The standard InChI is InChI=1S/C26H26ClN5O2/c1-30-18-23-24(6-3-7-25(23)29-30)28-26(33)32-14-12-31(13-15-32)17-19-4-2-5-22(16-19)34-21-10-8-20(27)9-11-21/h2-11,16,18H,12-15,17H2,1H3,(H,28,33). The smallest absolute Gasteiger partial charge is 0.321 e. The Balaban J connectivity index is 1.15. The van der Waals surface area contributed by atoms with Crippen molar-refractivity contribution in [3.63, 3.8) is 0 Å². The van der Waals surface area contributed by atoms with Gasteiger partial charge in [-0.1, -0.05) is 29.8 Å². The maximum Gasteiger partial charge on any atom is 0.321 e. The average molecular weight is 476 g/mol. The van der Waals surface area contributed by atoms with Crippen LogP contribution in [0.25, 0.3) is 10.9 Å². The number of aromatic nitrogens is 2. The molecule has 1 aliphatic rings. The van der Waals surface area contributed by atoms with Gasteiger partial charge in [0.1, 0.15) is 11.5 Å². The van der Waals surface area contributed by atoms with E-state index in [9.17, 15) is 4.79 Å². The molecule has 3 aromatic carbocycles. The number of benzene rings is 3. The van der Waals surface area contributed by atoms with E-state index >= 15 is 0 Å². The van der Waals surface area contributed by atoms with Crippen molar-refractivity contribution in [2.24, 2.45) is 7.05 Å². The first-order chi connectivity index (χ1) is 16.5. The lowest BCUT2D eigenvalue weighted by Crippen LogP contribution is -2.49. The minimum absolute atomic E-state index is 0.0747. The Hall–Kier alpha value is -3.55. The zero-order chi connectivity index (χ0) is 23.5. The van der Waals surface area contributed by atoms with Crippen molar-refractivity contribution in [3.8, 4) is 11.5 Å². The van der Waals surface area contributed by atoms with Crippen LogP contribution in [-0.4, -0.2) is 51.8 Å². The molecule has 0 saturated carbocycles. The van der Waals surface area contributed by atoms with Crippen molar-refractivity contribution in [2.75, 3.05) is 31.5 Å². The van der Waals surface area contributed by atoms with Gasteiger partial charge in [0, 0.05) is 56.4 Å². The number of nitrogens with one attached hydrogen (secondary N) is 1. The van der Waals surface area contributed by atoms with Gasteiger partial charge in [0.15, 0.2) is 0 Å². The number of fused-ring (bicyclic) bond motifs is 1. The van der Waals surface area contributed by atoms with Crippen LogP contribution in [0.4, 0.5) is 10.5 Å².